The van der Waals surface area contributed by atoms with E-state index in [2.05, 4.69) is 15.0 Å². The fourth-order valence-corrected chi connectivity index (χ4v) is 3.92. The minimum absolute atomic E-state index is 0.0993. The van der Waals surface area contributed by atoms with Gasteiger partial charge in [0.2, 0.25) is 0 Å². The zero-order valence-corrected chi connectivity index (χ0v) is 13.4. The Morgan fingerprint density at radius 1 is 1.22 bits per heavy atom. The summed E-state index contributed by atoms with van der Waals surface area (Å²) >= 11 is 2.58. The van der Waals surface area contributed by atoms with E-state index < -0.39 is 6.10 Å². The predicted molar refractivity (Wildman–Crippen MR) is 91.9 cm³/mol. The molecule has 23 heavy (non-hydrogen) atoms. The van der Waals surface area contributed by atoms with E-state index in [1.165, 1.54) is 11.3 Å². The zero-order chi connectivity index (χ0) is 15.8. The summed E-state index contributed by atoms with van der Waals surface area (Å²) in [5.74, 6) is 0. The molecule has 0 spiro atoms. The lowest BCUT2D eigenvalue weighted by atomic mass is 10.1. The third kappa shape index (κ3) is 2.70. The molecule has 0 radical (unpaired) electrons. The highest BCUT2D eigenvalue weighted by molar-refractivity contribution is 7.16. The van der Waals surface area contributed by atoms with Crippen molar-refractivity contribution in [2.75, 3.05) is 0 Å². The molecule has 1 unspecified atom stereocenters. The standard InChI is InChI=1S/C16H11N3O2S2/c20-14(9-4-5-10-13(7-9)23-16(21)19-10)12-8-22-15(18-12)11-3-1-2-6-17-11/h1-8,14,20H,(H,19,21). The molecule has 4 aromatic rings. The van der Waals surface area contributed by atoms with Crippen molar-refractivity contribution in [3.8, 4) is 10.7 Å². The van der Waals surface area contributed by atoms with Crippen LogP contribution in [0, 0.1) is 0 Å². The van der Waals surface area contributed by atoms with Crippen LogP contribution >= 0.6 is 22.7 Å². The maximum Gasteiger partial charge on any atom is 0.305 e. The Balaban J connectivity index is 1.69. The number of hydrogen-bond donors (Lipinski definition) is 2. The molecular formula is C16H11N3O2S2. The van der Waals surface area contributed by atoms with Crippen molar-refractivity contribution in [3.63, 3.8) is 0 Å². The third-order valence-corrected chi connectivity index (χ3v) is 5.18. The van der Waals surface area contributed by atoms with Crippen LogP contribution < -0.4 is 4.87 Å². The van der Waals surface area contributed by atoms with Gasteiger partial charge in [0.05, 0.1) is 21.6 Å². The van der Waals surface area contributed by atoms with Gasteiger partial charge >= 0.3 is 4.87 Å². The van der Waals surface area contributed by atoms with Crippen molar-refractivity contribution < 1.29 is 5.11 Å². The maximum absolute atomic E-state index is 11.4. The third-order valence-electron chi connectivity index (χ3n) is 3.45. The van der Waals surface area contributed by atoms with Gasteiger partial charge in [-0.15, -0.1) is 11.3 Å². The number of aromatic nitrogens is 3. The first-order valence-electron chi connectivity index (χ1n) is 6.88. The van der Waals surface area contributed by atoms with E-state index in [-0.39, 0.29) is 4.87 Å². The van der Waals surface area contributed by atoms with Crippen LogP contribution in [0.1, 0.15) is 17.4 Å². The molecule has 3 heterocycles. The molecule has 0 saturated heterocycles. The number of pyridine rings is 1. The van der Waals surface area contributed by atoms with E-state index in [1.807, 2.05) is 29.6 Å². The molecule has 0 fully saturated rings. The molecule has 2 N–H and O–H groups in total. The summed E-state index contributed by atoms with van der Waals surface area (Å²) in [5.41, 5.74) is 2.86. The molecule has 1 atom stereocenters. The maximum atomic E-state index is 11.4. The predicted octanol–water partition coefficient (Wildman–Crippen LogP) is 3.19. The average Bonchev–Trinajstić information content (AvgIpc) is 3.20. The highest BCUT2D eigenvalue weighted by atomic mass is 32.1. The van der Waals surface area contributed by atoms with Gasteiger partial charge in [-0.1, -0.05) is 23.5 Å². The summed E-state index contributed by atoms with van der Waals surface area (Å²) in [7, 11) is 0. The fraction of sp³-hybridized carbons (Fsp3) is 0.0625. The van der Waals surface area contributed by atoms with Gasteiger partial charge in [-0.25, -0.2) is 4.98 Å². The van der Waals surface area contributed by atoms with Crippen LogP contribution in [0.2, 0.25) is 0 Å². The molecule has 0 saturated carbocycles. The number of aliphatic hydroxyl groups is 1. The number of benzene rings is 1. The fourth-order valence-electron chi connectivity index (χ4n) is 2.32. The summed E-state index contributed by atoms with van der Waals surface area (Å²) in [5, 5.41) is 13.2. The Morgan fingerprint density at radius 2 is 2.13 bits per heavy atom. The number of aliphatic hydroxyl groups excluding tert-OH is 1. The van der Waals surface area contributed by atoms with Crippen LogP contribution in [-0.4, -0.2) is 20.1 Å². The second-order valence-corrected chi connectivity index (χ2v) is 6.84. The quantitative estimate of drug-likeness (QED) is 0.600. The lowest BCUT2D eigenvalue weighted by Gasteiger charge is -2.08. The first-order chi connectivity index (χ1) is 11.2. The summed E-state index contributed by atoms with van der Waals surface area (Å²) in [4.78, 5) is 22.8. The monoisotopic (exact) mass is 341 g/mol. The molecule has 0 aliphatic rings. The Labute approximate surface area is 138 Å². The van der Waals surface area contributed by atoms with Crippen LogP contribution in [0.15, 0.2) is 52.8 Å². The number of hydrogen-bond acceptors (Lipinski definition) is 6. The average molecular weight is 341 g/mol. The Bertz CT molecular complexity index is 1020. The van der Waals surface area contributed by atoms with Crippen LogP contribution in [0.4, 0.5) is 0 Å². The highest BCUT2D eigenvalue weighted by Gasteiger charge is 2.16. The molecular weight excluding hydrogens is 330 g/mol. The number of thiazole rings is 2. The minimum atomic E-state index is -0.828. The molecule has 0 bridgehead atoms. The first kappa shape index (κ1) is 14.3. The van der Waals surface area contributed by atoms with Crippen molar-refractivity contribution in [2.24, 2.45) is 0 Å². The molecule has 7 heteroatoms. The van der Waals surface area contributed by atoms with E-state index >= 15 is 0 Å². The highest BCUT2D eigenvalue weighted by Crippen LogP contribution is 2.29. The topological polar surface area (TPSA) is 78.9 Å². The van der Waals surface area contributed by atoms with E-state index in [9.17, 15) is 9.90 Å². The van der Waals surface area contributed by atoms with Crippen molar-refractivity contribution in [1.82, 2.24) is 15.0 Å². The molecule has 114 valence electrons. The Kier molecular flexibility index (Phi) is 3.53. The van der Waals surface area contributed by atoms with Gasteiger partial charge in [-0.05, 0) is 29.8 Å². The molecule has 3 aromatic heterocycles. The van der Waals surface area contributed by atoms with Gasteiger partial charge in [0.1, 0.15) is 11.1 Å². The van der Waals surface area contributed by atoms with Gasteiger partial charge in [-0.3, -0.25) is 9.78 Å². The lowest BCUT2D eigenvalue weighted by molar-refractivity contribution is 0.216. The van der Waals surface area contributed by atoms with Crippen LogP contribution in [0.5, 0.6) is 0 Å². The zero-order valence-electron chi connectivity index (χ0n) is 11.8. The van der Waals surface area contributed by atoms with Crippen molar-refractivity contribution in [1.29, 1.82) is 0 Å². The number of rotatable bonds is 3. The molecule has 0 aliphatic heterocycles. The van der Waals surface area contributed by atoms with E-state index in [0.29, 0.717) is 11.3 Å². The number of H-pyrrole nitrogens is 1. The number of nitrogens with zero attached hydrogens (tertiary/aromatic N) is 2. The molecule has 0 amide bonds. The molecule has 5 nitrogen and oxygen atoms in total. The van der Waals surface area contributed by atoms with E-state index in [0.717, 1.165) is 32.3 Å². The Morgan fingerprint density at radius 3 is 2.96 bits per heavy atom. The molecule has 4 rings (SSSR count). The number of aromatic amines is 1. The Hall–Kier alpha value is -2.35. The SMILES string of the molecule is O=c1[nH]c2ccc(C(O)c3csc(-c4ccccn4)n3)cc2s1. The largest absolute Gasteiger partial charge is 0.382 e. The second kappa shape index (κ2) is 5.69. The number of nitrogens with one attached hydrogen (secondary N) is 1. The van der Waals surface area contributed by atoms with E-state index in [1.54, 1.807) is 18.3 Å². The summed E-state index contributed by atoms with van der Waals surface area (Å²) in [6.07, 6.45) is 0.888. The summed E-state index contributed by atoms with van der Waals surface area (Å²) in [6, 6.07) is 11.1. The molecule has 0 aliphatic carbocycles. The van der Waals surface area contributed by atoms with E-state index in [4.69, 9.17) is 0 Å². The lowest BCUT2D eigenvalue weighted by Crippen LogP contribution is -2.00. The van der Waals surface area contributed by atoms with Crippen molar-refractivity contribution in [3.05, 3.63) is 68.9 Å². The minimum Gasteiger partial charge on any atom is -0.382 e. The van der Waals surface area contributed by atoms with Crippen LogP contribution in [0.3, 0.4) is 0 Å². The molecule has 1 aromatic carbocycles. The van der Waals surface area contributed by atoms with Gasteiger partial charge in [0.15, 0.2) is 0 Å². The van der Waals surface area contributed by atoms with Crippen molar-refractivity contribution in [2.45, 2.75) is 6.10 Å². The van der Waals surface area contributed by atoms with Crippen LogP contribution in [0.25, 0.3) is 20.9 Å². The van der Waals surface area contributed by atoms with Gasteiger partial charge in [0, 0.05) is 11.6 Å². The van der Waals surface area contributed by atoms with Crippen molar-refractivity contribution >= 4 is 32.9 Å². The second-order valence-electron chi connectivity index (χ2n) is 4.97. The van der Waals surface area contributed by atoms with Crippen LogP contribution in [-0.2, 0) is 0 Å². The van der Waals surface area contributed by atoms with Gasteiger partial charge in [0.25, 0.3) is 0 Å². The van der Waals surface area contributed by atoms with Gasteiger partial charge in [-0.2, -0.15) is 0 Å². The smallest absolute Gasteiger partial charge is 0.305 e. The van der Waals surface area contributed by atoms with Gasteiger partial charge < -0.3 is 10.1 Å². The summed E-state index contributed by atoms with van der Waals surface area (Å²) in [6.45, 7) is 0. The first-order valence-corrected chi connectivity index (χ1v) is 8.58. The number of fused-ring (bicyclic) bond motifs is 1. The normalized spacial score (nSPS) is 12.6. The summed E-state index contributed by atoms with van der Waals surface area (Å²) < 4.78 is 0.826.